The van der Waals surface area contributed by atoms with Crippen molar-refractivity contribution in [1.82, 2.24) is 5.32 Å². The lowest BCUT2D eigenvalue weighted by Gasteiger charge is -2.10. The molecule has 1 rings (SSSR count). The minimum atomic E-state index is -2.49. The van der Waals surface area contributed by atoms with E-state index in [4.69, 9.17) is 16.3 Å². The Morgan fingerprint density at radius 3 is 2.61 bits per heavy atom. The van der Waals surface area contributed by atoms with Crippen LogP contribution in [0.2, 0.25) is 5.02 Å². The van der Waals surface area contributed by atoms with E-state index < -0.39 is 13.0 Å². The fourth-order valence-corrected chi connectivity index (χ4v) is 1.69. The number of hydrogen-bond donors (Lipinski definition) is 1. The van der Waals surface area contributed by atoms with Crippen LogP contribution in [0.15, 0.2) is 18.2 Å². The molecule has 0 atom stereocenters. The van der Waals surface area contributed by atoms with Gasteiger partial charge < -0.3 is 10.1 Å². The fourth-order valence-electron chi connectivity index (χ4n) is 1.43. The van der Waals surface area contributed by atoms with E-state index in [9.17, 15) is 8.78 Å². The summed E-state index contributed by atoms with van der Waals surface area (Å²) in [6, 6.07) is 5.17. The summed E-state index contributed by atoms with van der Waals surface area (Å²) >= 11 is 5.96. The molecule has 5 heteroatoms. The standard InChI is InChI=1S/C13H18ClF2NO/c1-9(2)6-17-7-10-3-4-12(11(14)5-10)18-8-13(15)16/h3-5,9,13,17H,6-8H2,1-2H3. The molecule has 1 N–H and O–H groups in total. The highest BCUT2D eigenvalue weighted by molar-refractivity contribution is 6.32. The summed E-state index contributed by atoms with van der Waals surface area (Å²) in [5, 5.41) is 3.64. The molecule has 2 nitrogen and oxygen atoms in total. The van der Waals surface area contributed by atoms with E-state index in [2.05, 4.69) is 19.2 Å². The van der Waals surface area contributed by atoms with Crippen molar-refractivity contribution in [2.24, 2.45) is 5.92 Å². The Balaban J connectivity index is 2.51. The van der Waals surface area contributed by atoms with Crippen molar-refractivity contribution in [3.05, 3.63) is 28.8 Å². The Bertz CT molecular complexity index is 372. The molecule has 1 aromatic rings. The molecule has 1 aromatic carbocycles. The van der Waals surface area contributed by atoms with Crippen molar-refractivity contribution >= 4 is 11.6 Å². The third-order valence-corrected chi connectivity index (χ3v) is 2.54. The number of alkyl halides is 2. The van der Waals surface area contributed by atoms with Crippen LogP contribution in [-0.4, -0.2) is 19.6 Å². The molecule has 0 aliphatic rings. The minimum absolute atomic E-state index is 0.296. The third-order valence-electron chi connectivity index (χ3n) is 2.24. The van der Waals surface area contributed by atoms with E-state index in [1.165, 1.54) is 0 Å². The van der Waals surface area contributed by atoms with Crippen LogP contribution in [0, 0.1) is 5.92 Å². The van der Waals surface area contributed by atoms with E-state index in [1.54, 1.807) is 12.1 Å². The quantitative estimate of drug-likeness (QED) is 0.820. The van der Waals surface area contributed by atoms with Crippen molar-refractivity contribution < 1.29 is 13.5 Å². The van der Waals surface area contributed by atoms with E-state index in [-0.39, 0.29) is 0 Å². The molecule has 0 bridgehead atoms. The largest absolute Gasteiger partial charge is 0.486 e. The summed E-state index contributed by atoms with van der Waals surface area (Å²) in [6.07, 6.45) is -2.49. The molecule has 0 radical (unpaired) electrons. The van der Waals surface area contributed by atoms with Gasteiger partial charge in [0.1, 0.15) is 12.4 Å². The summed E-state index contributed by atoms with van der Waals surface area (Å²) in [5.74, 6) is 0.874. The summed E-state index contributed by atoms with van der Waals surface area (Å²) < 4.78 is 28.9. The second-order valence-corrected chi connectivity index (χ2v) is 4.90. The molecule has 0 amide bonds. The van der Waals surface area contributed by atoms with Crippen LogP contribution in [-0.2, 0) is 6.54 Å². The maximum absolute atomic E-state index is 12.0. The lowest BCUT2D eigenvalue weighted by Crippen LogP contribution is -2.18. The normalized spacial score (nSPS) is 11.3. The maximum atomic E-state index is 12.0. The number of nitrogens with one attached hydrogen (secondary N) is 1. The van der Waals surface area contributed by atoms with Gasteiger partial charge in [-0.25, -0.2) is 8.78 Å². The van der Waals surface area contributed by atoms with E-state index >= 15 is 0 Å². The number of rotatable bonds is 7. The molecule has 0 fully saturated rings. The van der Waals surface area contributed by atoms with Crippen molar-refractivity contribution in [1.29, 1.82) is 0 Å². The van der Waals surface area contributed by atoms with E-state index in [0.717, 1.165) is 12.1 Å². The van der Waals surface area contributed by atoms with Crippen LogP contribution in [0.1, 0.15) is 19.4 Å². The first-order chi connectivity index (χ1) is 8.49. The molecule has 102 valence electrons. The molecule has 0 heterocycles. The summed E-state index contributed by atoms with van der Waals surface area (Å²) in [7, 11) is 0. The van der Waals surface area contributed by atoms with Gasteiger partial charge in [0.15, 0.2) is 0 Å². The second kappa shape index (κ2) is 7.54. The first-order valence-electron chi connectivity index (χ1n) is 5.89. The van der Waals surface area contributed by atoms with Gasteiger partial charge in [-0.1, -0.05) is 31.5 Å². The molecule has 0 aliphatic carbocycles. The topological polar surface area (TPSA) is 21.3 Å². The van der Waals surface area contributed by atoms with Crippen LogP contribution in [0.3, 0.4) is 0 Å². The predicted molar refractivity (Wildman–Crippen MR) is 69.5 cm³/mol. The second-order valence-electron chi connectivity index (χ2n) is 4.49. The van der Waals surface area contributed by atoms with Gasteiger partial charge in [-0.05, 0) is 30.2 Å². The average molecular weight is 278 g/mol. The Labute approximate surface area is 111 Å². The molecular weight excluding hydrogens is 260 g/mol. The number of halogens is 3. The van der Waals surface area contributed by atoms with Crippen molar-refractivity contribution in [3.63, 3.8) is 0 Å². The number of benzene rings is 1. The summed E-state index contributed by atoms with van der Waals surface area (Å²) in [4.78, 5) is 0. The molecule has 0 saturated carbocycles. The predicted octanol–water partition coefficient (Wildman–Crippen LogP) is 3.73. The highest BCUT2D eigenvalue weighted by Gasteiger charge is 2.07. The molecule has 0 spiro atoms. The molecule has 0 aliphatic heterocycles. The van der Waals surface area contributed by atoms with Gasteiger partial charge in [-0.2, -0.15) is 0 Å². The van der Waals surface area contributed by atoms with Crippen LogP contribution in [0.4, 0.5) is 8.78 Å². The maximum Gasteiger partial charge on any atom is 0.272 e. The zero-order valence-electron chi connectivity index (χ0n) is 10.6. The van der Waals surface area contributed by atoms with Crippen molar-refractivity contribution in [2.75, 3.05) is 13.2 Å². The highest BCUT2D eigenvalue weighted by Crippen LogP contribution is 2.25. The zero-order valence-corrected chi connectivity index (χ0v) is 11.3. The van der Waals surface area contributed by atoms with Crippen LogP contribution >= 0.6 is 11.6 Å². The van der Waals surface area contributed by atoms with E-state index in [1.807, 2.05) is 6.07 Å². The highest BCUT2D eigenvalue weighted by atomic mass is 35.5. The third kappa shape index (κ3) is 5.65. The first-order valence-corrected chi connectivity index (χ1v) is 6.27. The summed E-state index contributed by atoms with van der Waals surface area (Å²) in [6.45, 7) is 5.24. The fraction of sp³-hybridized carbons (Fsp3) is 0.538. The number of ether oxygens (including phenoxy) is 1. The molecule has 0 unspecified atom stereocenters. The van der Waals surface area contributed by atoms with Gasteiger partial charge in [0.05, 0.1) is 5.02 Å². The summed E-state index contributed by atoms with van der Waals surface area (Å²) in [5.41, 5.74) is 1.00. The molecular formula is C13H18ClF2NO. The Hall–Kier alpha value is -0.870. The SMILES string of the molecule is CC(C)CNCc1ccc(OCC(F)F)c(Cl)c1. The van der Waals surface area contributed by atoms with E-state index in [0.29, 0.717) is 23.2 Å². The molecule has 0 saturated heterocycles. The number of hydrogen-bond acceptors (Lipinski definition) is 2. The van der Waals surface area contributed by atoms with Crippen molar-refractivity contribution in [2.45, 2.75) is 26.8 Å². The van der Waals surface area contributed by atoms with Gasteiger partial charge in [-0.15, -0.1) is 0 Å². The first kappa shape index (κ1) is 15.2. The molecule has 0 aromatic heterocycles. The van der Waals surface area contributed by atoms with Crippen LogP contribution in [0.5, 0.6) is 5.75 Å². The van der Waals surface area contributed by atoms with Crippen LogP contribution in [0.25, 0.3) is 0 Å². The van der Waals surface area contributed by atoms with Gasteiger partial charge >= 0.3 is 0 Å². The Morgan fingerprint density at radius 2 is 2.06 bits per heavy atom. The van der Waals surface area contributed by atoms with Gasteiger partial charge in [0.25, 0.3) is 6.43 Å². The minimum Gasteiger partial charge on any atom is -0.486 e. The van der Waals surface area contributed by atoms with Gasteiger partial charge in [-0.3, -0.25) is 0 Å². The molecule has 18 heavy (non-hydrogen) atoms. The zero-order chi connectivity index (χ0) is 13.5. The lowest BCUT2D eigenvalue weighted by atomic mass is 10.2. The average Bonchev–Trinajstić information content (AvgIpc) is 2.27. The van der Waals surface area contributed by atoms with Crippen LogP contribution < -0.4 is 10.1 Å². The monoisotopic (exact) mass is 277 g/mol. The Kier molecular flexibility index (Phi) is 6.36. The van der Waals surface area contributed by atoms with Crippen molar-refractivity contribution in [3.8, 4) is 5.75 Å². The van der Waals surface area contributed by atoms with Gasteiger partial charge in [0, 0.05) is 6.54 Å². The Morgan fingerprint density at radius 1 is 1.33 bits per heavy atom. The smallest absolute Gasteiger partial charge is 0.272 e. The van der Waals surface area contributed by atoms with Gasteiger partial charge in [0.2, 0.25) is 0 Å². The lowest BCUT2D eigenvalue weighted by molar-refractivity contribution is 0.0819.